The fourth-order valence-electron chi connectivity index (χ4n) is 2.17. The monoisotopic (exact) mass is 363 g/mol. The van der Waals surface area contributed by atoms with Gasteiger partial charge in [-0.2, -0.15) is 0 Å². The van der Waals surface area contributed by atoms with Crippen LogP contribution in [0.15, 0.2) is 42.5 Å². The number of thiocarbonyl (C=S) groups is 1. The summed E-state index contributed by atoms with van der Waals surface area (Å²) in [5.41, 5.74) is 6.65. The van der Waals surface area contributed by atoms with Gasteiger partial charge in [0.25, 0.3) is 5.91 Å². The number of rotatable bonds is 5. The number of carbonyl (C=O) groups excluding carboxylic acids is 1. The van der Waals surface area contributed by atoms with E-state index in [-0.39, 0.29) is 10.7 Å². The molecular formula is C18H19F2N3OS. The first-order chi connectivity index (χ1) is 12.0. The van der Waals surface area contributed by atoms with Gasteiger partial charge >= 0.3 is 0 Å². The Morgan fingerprint density at radius 2 is 1.68 bits per heavy atom. The van der Waals surface area contributed by atoms with Crippen molar-refractivity contribution >= 4 is 28.9 Å². The van der Waals surface area contributed by atoms with Crippen molar-refractivity contribution in [2.75, 3.05) is 5.32 Å². The minimum absolute atomic E-state index is 0.145. The van der Waals surface area contributed by atoms with Crippen molar-refractivity contribution in [2.45, 2.75) is 26.2 Å². The van der Waals surface area contributed by atoms with Crippen LogP contribution in [0.4, 0.5) is 14.5 Å². The first-order valence-electron chi connectivity index (χ1n) is 7.90. The summed E-state index contributed by atoms with van der Waals surface area (Å²) in [7, 11) is 0. The molecule has 4 nitrogen and oxygen atoms in total. The maximum absolute atomic E-state index is 13.1. The Kier molecular flexibility index (Phi) is 6.82. The van der Waals surface area contributed by atoms with E-state index in [9.17, 15) is 13.6 Å². The molecule has 0 heterocycles. The van der Waals surface area contributed by atoms with Crippen molar-refractivity contribution in [1.29, 1.82) is 0 Å². The minimum atomic E-state index is -0.825. The highest BCUT2D eigenvalue weighted by molar-refractivity contribution is 7.80. The third kappa shape index (κ3) is 6.11. The van der Waals surface area contributed by atoms with Crippen molar-refractivity contribution in [2.24, 2.45) is 0 Å². The van der Waals surface area contributed by atoms with Crippen molar-refractivity contribution in [3.05, 3.63) is 65.2 Å². The summed E-state index contributed by atoms with van der Waals surface area (Å²) >= 11 is 5.07. The molecule has 0 atom stereocenters. The highest BCUT2D eigenvalue weighted by atomic mass is 32.1. The number of aryl methyl sites for hydroxylation is 1. The summed E-state index contributed by atoms with van der Waals surface area (Å²) < 4.78 is 26.2. The fourth-order valence-corrected chi connectivity index (χ4v) is 2.34. The minimum Gasteiger partial charge on any atom is -0.331 e. The lowest BCUT2D eigenvalue weighted by Crippen LogP contribution is -2.43. The van der Waals surface area contributed by atoms with Crippen molar-refractivity contribution in [1.82, 2.24) is 10.9 Å². The van der Waals surface area contributed by atoms with Gasteiger partial charge in [0, 0.05) is 17.3 Å². The second-order valence-corrected chi connectivity index (χ2v) is 5.90. The number of hydrogen-bond donors (Lipinski definition) is 3. The third-order valence-corrected chi connectivity index (χ3v) is 3.65. The average molecular weight is 363 g/mol. The van der Waals surface area contributed by atoms with E-state index in [0.717, 1.165) is 37.1 Å². The smallest absolute Gasteiger partial charge is 0.269 e. The number of hydrogen-bond acceptors (Lipinski definition) is 2. The maximum atomic E-state index is 13.1. The Labute approximate surface area is 150 Å². The SMILES string of the molecule is CCCCc1ccc(NC(=S)NNC(=O)c2cc(F)cc(F)c2)cc1. The lowest BCUT2D eigenvalue weighted by molar-refractivity contribution is 0.0943. The molecule has 0 fully saturated rings. The Morgan fingerprint density at radius 3 is 2.28 bits per heavy atom. The molecule has 0 aromatic heterocycles. The number of amides is 1. The molecule has 0 aliphatic heterocycles. The molecule has 0 spiro atoms. The van der Waals surface area contributed by atoms with Crippen LogP contribution in [-0.4, -0.2) is 11.0 Å². The standard InChI is InChI=1S/C18H19F2N3OS/c1-2-3-4-12-5-7-16(8-6-12)21-18(25)23-22-17(24)13-9-14(19)11-15(20)10-13/h5-11H,2-4H2,1H3,(H,22,24)(H2,21,23,25). The molecule has 0 radical (unpaired) electrons. The van der Waals surface area contributed by atoms with Crippen LogP contribution in [0.1, 0.15) is 35.7 Å². The summed E-state index contributed by atoms with van der Waals surface area (Å²) in [5.74, 6) is -2.35. The Bertz CT molecular complexity index is 730. The Hall–Kier alpha value is -2.54. The van der Waals surface area contributed by atoms with Crippen LogP contribution < -0.4 is 16.2 Å². The van der Waals surface area contributed by atoms with Crippen molar-refractivity contribution in [3.8, 4) is 0 Å². The predicted octanol–water partition coefficient (Wildman–Crippen LogP) is 3.94. The van der Waals surface area contributed by atoms with Crippen LogP contribution in [0.3, 0.4) is 0 Å². The molecule has 1 amide bonds. The largest absolute Gasteiger partial charge is 0.331 e. The zero-order valence-corrected chi connectivity index (χ0v) is 14.6. The molecule has 0 saturated heterocycles. The number of unbranched alkanes of at least 4 members (excludes halogenated alkanes) is 1. The third-order valence-electron chi connectivity index (χ3n) is 3.45. The van der Waals surface area contributed by atoms with E-state index in [1.807, 2.05) is 24.3 Å². The van der Waals surface area contributed by atoms with Gasteiger partial charge in [0.2, 0.25) is 0 Å². The van der Waals surface area contributed by atoms with Gasteiger partial charge in [-0.1, -0.05) is 25.5 Å². The van der Waals surface area contributed by atoms with Gasteiger partial charge in [-0.05, 0) is 54.9 Å². The van der Waals surface area contributed by atoms with Gasteiger partial charge in [-0.15, -0.1) is 0 Å². The van der Waals surface area contributed by atoms with Gasteiger partial charge in [0.05, 0.1) is 0 Å². The molecule has 7 heteroatoms. The molecular weight excluding hydrogens is 344 g/mol. The van der Waals surface area contributed by atoms with Gasteiger partial charge in [0.1, 0.15) is 11.6 Å². The van der Waals surface area contributed by atoms with Crippen LogP contribution in [0.5, 0.6) is 0 Å². The highest BCUT2D eigenvalue weighted by Gasteiger charge is 2.09. The Morgan fingerprint density at radius 1 is 1.04 bits per heavy atom. The summed E-state index contributed by atoms with van der Waals surface area (Å²) in [4.78, 5) is 11.9. The molecule has 0 aliphatic rings. The quantitative estimate of drug-likeness (QED) is 0.556. The van der Waals surface area contributed by atoms with E-state index in [1.54, 1.807) is 0 Å². The molecule has 3 N–H and O–H groups in total. The van der Waals surface area contributed by atoms with Crippen LogP contribution in [-0.2, 0) is 6.42 Å². The average Bonchev–Trinajstić information content (AvgIpc) is 2.58. The molecule has 0 aliphatic carbocycles. The molecule has 0 bridgehead atoms. The number of benzene rings is 2. The molecule has 2 aromatic rings. The van der Waals surface area contributed by atoms with E-state index in [2.05, 4.69) is 23.1 Å². The van der Waals surface area contributed by atoms with Gasteiger partial charge in [-0.3, -0.25) is 15.6 Å². The van der Waals surface area contributed by atoms with Crippen LogP contribution in [0.2, 0.25) is 0 Å². The maximum Gasteiger partial charge on any atom is 0.269 e. The van der Waals surface area contributed by atoms with E-state index in [0.29, 0.717) is 6.07 Å². The van der Waals surface area contributed by atoms with E-state index >= 15 is 0 Å². The van der Waals surface area contributed by atoms with Crippen molar-refractivity contribution in [3.63, 3.8) is 0 Å². The lowest BCUT2D eigenvalue weighted by atomic mass is 10.1. The predicted molar refractivity (Wildman–Crippen MR) is 98.2 cm³/mol. The topological polar surface area (TPSA) is 53.2 Å². The number of hydrazine groups is 1. The number of carbonyl (C=O) groups is 1. The van der Waals surface area contributed by atoms with Crippen LogP contribution in [0.25, 0.3) is 0 Å². The number of nitrogens with one attached hydrogen (secondary N) is 3. The summed E-state index contributed by atoms with van der Waals surface area (Å²) in [6.45, 7) is 2.15. The van der Waals surface area contributed by atoms with Crippen LogP contribution in [0, 0.1) is 11.6 Å². The zero-order valence-electron chi connectivity index (χ0n) is 13.7. The first kappa shape index (κ1) is 18.8. The Balaban J connectivity index is 1.84. The van der Waals surface area contributed by atoms with Gasteiger partial charge in [-0.25, -0.2) is 8.78 Å². The van der Waals surface area contributed by atoms with Gasteiger partial charge in [0.15, 0.2) is 5.11 Å². The van der Waals surface area contributed by atoms with E-state index in [1.165, 1.54) is 5.56 Å². The molecule has 132 valence electrons. The zero-order chi connectivity index (χ0) is 18.2. The second-order valence-electron chi connectivity index (χ2n) is 5.49. The van der Waals surface area contributed by atoms with Gasteiger partial charge < -0.3 is 5.32 Å². The van der Waals surface area contributed by atoms with E-state index < -0.39 is 17.5 Å². The lowest BCUT2D eigenvalue weighted by Gasteiger charge is -2.12. The molecule has 2 aromatic carbocycles. The molecule has 0 unspecified atom stereocenters. The first-order valence-corrected chi connectivity index (χ1v) is 8.31. The normalized spacial score (nSPS) is 10.2. The molecule has 25 heavy (non-hydrogen) atoms. The summed E-state index contributed by atoms with van der Waals surface area (Å²) in [6.07, 6.45) is 3.31. The molecule has 2 rings (SSSR count). The van der Waals surface area contributed by atoms with E-state index in [4.69, 9.17) is 12.2 Å². The fraction of sp³-hybridized carbons (Fsp3) is 0.222. The van der Waals surface area contributed by atoms with Crippen LogP contribution >= 0.6 is 12.2 Å². The molecule has 0 saturated carbocycles. The highest BCUT2D eigenvalue weighted by Crippen LogP contribution is 2.12. The summed E-state index contributed by atoms with van der Waals surface area (Å²) in [6, 6.07) is 10.4. The number of halogens is 2. The van der Waals surface area contributed by atoms with Crippen molar-refractivity contribution < 1.29 is 13.6 Å². The number of anilines is 1. The summed E-state index contributed by atoms with van der Waals surface area (Å²) in [5, 5.41) is 3.07. The second kappa shape index (κ2) is 9.08.